The zero-order valence-electron chi connectivity index (χ0n) is 21.6. The van der Waals surface area contributed by atoms with E-state index in [0.717, 1.165) is 29.5 Å². The van der Waals surface area contributed by atoms with Gasteiger partial charge in [0.1, 0.15) is 23.1 Å². The number of hydrogen-bond acceptors (Lipinski definition) is 6. The lowest BCUT2D eigenvalue weighted by atomic mass is 9.83. The number of carbonyl (C=O) groups excluding carboxylic acids is 1. The van der Waals surface area contributed by atoms with E-state index in [-0.39, 0.29) is 32.6 Å². The summed E-state index contributed by atoms with van der Waals surface area (Å²) in [5.74, 6) is -4.99. The highest BCUT2D eigenvalue weighted by Crippen LogP contribution is 2.43. The topological polar surface area (TPSA) is 97.8 Å². The molecule has 1 amide bonds. The van der Waals surface area contributed by atoms with Crippen LogP contribution in [0.15, 0.2) is 35.9 Å². The standard InChI is InChI=1S/C27H27F3N2O5S/c1-13(24(34)35)10-17-18(28)11-14(12-19(17)29)23(33)32-26-31-21(25(37-6)38-26)15-8-7-9-16(20(15)30)22(36-5)27(2,3)4/h7-12,22H,1-6H3,(H,34,35)(H,31,32,33)/b13-10+. The summed E-state index contributed by atoms with van der Waals surface area (Å²) < 4.78 is 55.6. The molecule has 1 aromatic heterocycles. The van der Waals surface area contributed by atoms with Gasteiger partial charge in [0.05, 0.1) is 13.2 Å². The van der Waals surface area contributed by atoms with Crippen molar-refractivity contribution in [3.63, 3.8) is 0 Å². The zero-order valence-corrected chi connectivity index (χ0v) is 22.4. The van der Waals surface area contributed by atoms with Crippen LogP contribution in [0.2, 0.25) is 0 Å². The summed E-state index contributed by atoms with van der Waals surface area (Å²) in [6.07, 6.45) is 0.288. The second kappa shape index (κ2) is 11.4. The summed E-state index contributed by atoms with van der Waals surface area (Å²) >= 11 is 0.909. The maximum absolute atomic E-state index is 15.7. The van der Waals surface area contributed by atoms with E-state index in [2.05, 4.69) is 10.3 Å². The Hall–Kier alpha value is -3.70. The molecule has 0 saturated carbocycles. The first kappa shape index (κ1) is 28.9. The molecule has 38 heavy (non-hydrogen) atoms. The van der Waals surface area contributed by atoms with Crippen LogP contribution in [0, 0.1) is 22.9 Å². The Morgan fingerprint density at radius 2 is 1.76 bits per heavy atom. The number of carbonyl (C=O) groups is 2. The average molecular weight is 549 g/mol. The zero-order chi connectivity index (χ0) is 28.4. The maximum atomic E-state index is 15.7. The van der Waals surface area contributed by atoms with E-state index in [9.17, 15) is 18.4 Å². The first-order valence-electron chi connectivity index (χ1n) is 11.4. The van der Waals surface area contributed by atoms with E-state index in [4.69, 9.17) is 14.6 Å². The number of aliphatic carboxylic acids is 1. The lowest BCUT2D eigenvalue weighted by molar-refractivity contribution is -0.132. The van der Waals surface area contributed by atoms with Crippen molar-refractivity contribution in [2.24, 2.45) is 5.41 Å². The summed E-state index contributed by atoms with van der Waals surface area (Å²) in [7, 11) is 2.87. The van der Waals surface area contributed by atoms with Gasteiger partial charge in [0.25, 0.3) is 5.91 Å². The summed E-state index contributed by atoms with van der Waals surface area (Å²) in [6, 6.07) is 6.38. The number of methoxy groups -OCH3 is 2. The lowest BCUT2D eigenvalue weighted by Crippen LogP contribution is -2.21. The van der Waals surface area contributed by atoms with Crippen molar-refractivity contribution in [1.29, 1.82) is 0 Å². The van der Waals surface area contributed by atoms with Crippen LogP contribution in [0.3, 0.4) is 0 Å². The molecular weight excluding hydrogens is 521 g/mol. The number of nitrogens with zero attached hydrogens (tertiary/aromatic N) is 1. The van der Waals surface area contributed by atoms with E-state index in [0.29, 0.717) is 5.56 Å². The number of rotatable bonds is 8. The summed E-state index contributed by atoms with van der Waals surface area (Å²) in [4.78, 5) is 28.0. The molecule has 7 nitrogen and oxygen atoms in total. The van der Waals surface area contributed by atoms with Gasteiger partial charge in [0.15, 0.2) is 5.13 Å². The van der Waals surface area contributed by atoms with Crippen molar-refractivity contribution in [3.05, 3.63) is 70.0 Å². The van der Waals surface area contributed by atoms with Crippen LogP contribution in [0.4, 0.5) is 18.3 Å². The van der Waals surface area contributed by atoms with Crippen molar-refractivity contribution in [2.75, 3.05) is 19.5 Å². The van der Waals surface area contributed by atoms with Gasteiger partial charge < -0.3 is 14.6 Å². The van der Waals surface area contributed by atoms with E-state index < -0.39 is 46.4 Å². The van der Waals surface area contributed by atoms with Crippen LogP contribution in [-0.4, -0.2) is 36.2 Å². The lowest BCUT2D eigenvalue weighted by Gasteiger charge is -2.30. The fourth-order valence-electron chi connectivity index (χ4n) is 3.85. The molecule has 11 heteroatoms. The Morgan fingerprint density at radius 3 is 2.29 bits per heavy atom. The SMILES string of the molecule is COc1sc(NC(=O)c2cc(F)c(/C=C(\C)C(=O)O)c(F)c2)nc1-c1cccc(C(OC)C(C)(C)C)c1F. The molecule has 202 valence electrons. The van der Waals surface area contributed by atoms with E-state index in [1.165, 1.54) is 27.2 Å². The molecule has 3 rings (SSSR count). The Labute approximate surface area is 221 Å². The molecule has 3 aromatic rings. The van der Waals surface area contributed by atoms with Crippen LogP contribution in [0.5, 0.6) is 5.06 Å². The maximum Gasteiger partial charge on any atom is 0.331 e. The molecule has 2 aromatic carbocycles. The largest absolute Gasteiger partial charge is 0.486 e. The number of ether oxygens (including phenoxy) is 2. The molecular formula is C27H27F3N2O5S. The average Bonchev–Trinajstić information content (AvgIpc) is 3.24. The molecule has 0 spiro atoms. The molecule has 2 N–H and O–H groups in total. The van der Waals surface area contributed by atoms with Gasteiger partial charge in [-0.25, -0.2) is 22.9 Å². The molecule has 0 saturated heterocycles. The first-order valence-corrected chi connectivity index (χ1v) is 12.2. The highest BCUT2D eigenvalue weighted by atomic mass is 32.1. The smallest absolute Gasteiger partial charge is 0.331 e. The third kappa shape index (κ3) is 6.05. The predicted molar refractivity (Wildman–Crippen MR) is 139 cm³/mol. The van der Waals surface area contributed by atoms with Crippen LogP contribution < -0.4 is 10.1 Å². The molecule has 1 atom stereocenters. The number of nitrogens with one attached hydrogen (secondary N) is 1. The number of amides is 1. The normalized spacial score (nSPS) is 12.8. The van der Waals surface area contributed by atoms with Crippen LogP contribution >= 0.6 is 11.3 Å². The Balaban J connectivity index is 1.95. The van der Waals surface area contributed by atoms with Crippen molar-refractivity contribution in [2.45, 2.75) is 33.8 Å². The number of thiazole rings is 1. The first-order chi connectivity index (χ1) is 17.8. The molecule has 1 unspecified atom stereocenters. The number of hydrogen-bond donors (Lipinski definition) is 2. The van der Waals surface area contributed by atoms with Crippen molar-refractivity contribution < 1.29 is 37.3 Å². The summed E-state index contributed by atoms with van der Waals surface area (Å²) in [5, 5.41) is 11.6. The van der Waals surface area contributed by atoms with Crippen molar-refractivity contribution in [3.8, 4) is 16.3 Å². The quantitative estimate of drug-likeness (QED) is 0.304. The van der Waals surface area contributed by atoms with Gasteiger partial charge in [-0.05, 0) is 36.6 Å². The highest BCUT2D eigenvalue weighted by Gasteiger charge is 2.30. The van der Waals surface area contributed by atoms with Crippen molar-refractivity contribution in [1.82, 2.24) is 4.98 Å². The van der Waals surface area contributed by atoms with Gasteiger partial charge in [0.2, 0.25) is 5.06 Å². The molecule has 0 aliphatic heterocycles. The number of carboxylic acid groups (broad SMARTS) is 1. The second-order valence-electron chi connectivity index (χ2n) is 9.49. The van der Waals surface area contributed by atoms with E-state index >= 15 is 4.39 Å². The second-order valence-corrected chi connectivity index (χ2v) is 10.5. The predicted octanol–water partition coefficient (Wildman–Crippen LogP) is 6.71. The Bertz CT molecular complexity index is 1390. The Kier molecular flexibility index (Phi) is 8.63. The third-order valence-corrected chi connectivity index (χ3v) is 6.56. The number of benzene rings is 2. The summed E-state index contributed by atoms with van der Waals surface area (Å²) in [6.45, 7) is 6.96. The number of anilines is 1. The number of halogens is 3. The monoisotopic (exact) mass is 548 g/mol. The van der Waals surface area contributed by atoms with Gasteiger partial charge in [-0.1, -0.05) is 44.2 Å². The molecule has 0 aliphatic carbocycles. The van der Waals surface area contributed by atoms with E-state index in [1.54, 1.807) is 12.1 Å². The highest BCUT2D eigenvalue weighted by molar-refractivity contribution is 7.18. The molecule has 0 radical (unpaired) electrons. The van der Waals surface area contributed by atoms with Gasteiger partial charge in [0, 0.05) is 34.9 Å². The number of aromatic nitrogens is 1. The minimum absolute atomic E-state index is 0.0114. The van der Waals surface area contributed by atoms with Crippen LogP contribution in [-0.2, 0) is 9.53 Å². The Morgan fingerprint density at radius 1 is 1.13 bits per heavy atom. The van der Waals surface area contributed by atoms with Gasteiger partial charge in [-0.2, -0.15) is 0 Å². The molecule has 0 bridgehead atoms. The van der Waals surface area contributed by atoms with Crippen LogP contribution in [0.25, 0.3) is 17.3 Å². The van der Waals surface area contributed by atoms with Crippen LogP contribution in [0.1, 0.15) is 55.3 Å². The molecule has 0 fully saturated rings. The summed E-state index contributed by atoms with van der Waals surface area (Å²) in [5.41, 5.74) is -1.03. The number of carboxylic acids is 1. The van der Waals surface area contributed by atoms with Gasteiger partial charge in [-0.3, -0.25) is 10.1 Å². The molecule has 0 aliphatic rings. The fraction of sp³-hybridized carbons (Fsp3) is 0.296. The van der Waals surface area contributed by atoms with E-state index in [1.807, 2.05) is 20.8 Å². The van der Waals surface area contributed by atoms with Gasteiger partial charge in [-0.15, -0.1) is 0 Å². The third-order valence-electron chi connectivity index (χ3n) is 5.63. The minimum Gasteiger partial charge on any atom is -0.486 e. The fourth-order valence-corrected chi connectivity index (χ4v) is 4.64. The minimum atomic E-state index is -1.34. The molecule has 1 heterocycles. The van der Waals surface area contributed by atoms with Gasteiger partial charge >= 0.3 is 5.97 Å². The van der Waals surface area contributed by atoms with Crippen molar-refractivity contribution >= 4 is 34.4 Å².